The van der Waals surface area contributed by atoms with Crippen molar-refractivity contribution >= 4 is 33.2 Å². The van der Waals surface area contributed by atoms with Crippen LogP contribution in [-0.2, 0) is 6.54 Å². The highest BCUT2D eigenvalue weighted by atomic mass is 79.9. The van der Waals surface area contributed by atoms with Crippen LogP contribution in [0.25, 0.3) is 11.3 Å². The molecule has 0 radical (unpaired) electrons. The van der Waals surface area contributed by atoms with Crippen molar-refractivity contribution in [3.8, 4) is 11.3 Å². The van der Waals surface area contributed by atoms with Gasteiger partial charge in [-0.1, -0.05) is 30.3 Å². The molecule has 0 saturated carbocycles. The van der Waals surface area contributed by atoms with Crippen molar-refractivity contribution in [3.05, 3.63) is 62.9 Å². The van der Waals surface area contributed by atoms with Crippen LogP contribution >= 0.6 is 27.3 Å². The zero-order chi connectivity index (χ0) is 15.5. The van der Waals surface area contributed by atoms with Crippen molar-refractivity contribution in [3.63, 3.8) is 0 Å². The van der Waals surface area contributed by atoms with Crippen molar-refractivity contribution in [2.24, 2.45) is 0 Å². The lowest BCUT2D eigenvalue weighted by Crippen LogP contribution is -2.25. The Balaban J connectivity index is 1.82. The van der Waals surface area contributed by atoms with E-state index < -0.39 is 0 Å². The highest BCUT2D eigenvalue weighted by Crippen LogP contribution is 2.24. The number of carbonyl (C=O) groups excluding carboxylic acids is 1. The molecule has 22 heavy (non-hydrogen) atoms. The molecule has 0 saturated heterocycles. The minimum absolute atomic E-state index is 0.0443. The number of thiophene rings is 1. The largest absolute Gasteiger partial charge is 0.336 e. The molecule has 0 spiro atoms. The van der Waals surface area contributed by atoms with Gasteiger partial charge < -0.3 is 4.90 Å². The Morgan fingerprint density at radius 3 is 2.82 bits per heavy atom. The first-order valence-corrected chi connectivity index (χ1v) is 8.39. The average Bonchev–Trinajstić information content (AvgIpc) is 3.16. The maximum absolute atomic E-state index is 12.7. The lowest BCUT2D eigenvalue weighted by Gasteiger charge is -2.16. The van der Waals surface area contributed by atoms with Crippen molar-refractivity contribution in [1.29, 1.82) is 0 Å². The monoisotopic (exact) mass is 375 g/mol. The first-order valence-electron chi connectivity index (χ1n) is 6.72. The normalized spacial score (nSPS) is 10.6. The van der Waals surface area contributed by atoms with E-state index >= 15 is 0 Å². The molecule has 0 bridgehead atoms. The summed E-state index contributed by atoms with van der Waals surface area (Å²) >= 11 is 5.06. The molecule has 0 aliphatic rings. The minimum atomic E-state index is -0.0443. The Labute approximate surface area is 140 Å². The highest BCUT2D eigenvalue weighted by molar-refractivity contribution is 9.10. The van der Waals surface area contributed by atoms with Crippen molar-refractivity contribution in [2.75, 3.05) is 7.05 Å². The number of H-pyrrole nitrogens is 1. The summed E-state index contributed by atoms with van der Waals surface area (Å²) in [5.74, 6) is -0.0443. The van der Waals surface area contributed by atoms with Crippen LogP contribution in [0, 0.1) is 0 Å². The van der Waals surface area contributed by atoms with Crippen LogP contribution in [0.4, 0.5) is 0 Å². The maximum Gasteiger partial charge on any atom is 0.257 e. The van der Waals surface area contributed by atoms with E-state index in [-0.39, 0.29) is 5.91 Å². The number of nitrogens with one attached hydrogen (secondary N) is 1. The second-order valence-corrected chi connectivity index (χ2v) is 6.83. The van der Waals surface area contributed by atoms with E-state index in [1.807, 2.05) is 41.8 Å². The SMILES string of the molecule is CN(Cc1cc(Br)cs1)C(=O)c1cn[nH]c1-c1ccccc1. The third kappa shape index (κ3) is 3.13. The number of benzene rings is 1. The van der Waals surface area contributed by atoms with Gasteiger partial charge in [-0.25, -0.2) is 0 Å². The lowest BCUT2D eigenvalue weighted by atomic mass is 10.1. The van der Waals surface area contributed by atoms with Gasteiger partial charge in [0.2, 0.25) is 0 Å². The fraction of sp³-hybridized carbons (Fsp3) is 0.125. The molecule has 1 N–H and O–H groups in total. The van der Waals surface area contributed by atoms with E-state index in [1.54, 1.807) is 29.5 Å². The van der Waals surface area contributed by atoms with Crippen molar-refractivity contribution in [1.82, 2.24) is 15.1 Å². The number of aromatic nitrogens is 2. The molecule has 2 aromatic heterocycles. The number of rotatable bonds is 4. The van der Waals surface area contributed by atoms with Gasteiger partial charge in [-0.3, -0.25) is 9.89 Å². The second-order valence-electron chi connectivity index (χ2n) is 4.92. The molecule has 4 nitrogen and oxygen atoms in total. The quantitative estimate of drug-likeness (QED) is 0.743. The van der Waals surface area contributed by atoms with Crippen LogP contribution in [0.3, 0.4) is 0 Å². The number of carbonyl (C=O) groups is 1. The zero-order valence-electron chi connectivity index (χ0n) is 11.9. The average molecular weight is 376 g/mol. The van der Waals surface area contributed by atoms with Gasteiger partial charge in [-0.05, 0) is 22.0 Å². The van der Waals surface area contributed by atoms with E-state index in [1.165, 1.54) is 0 Å². The Hall–Kier alpha value is -1.92. The van der Waals surface area contributed by atoms with Crippen LogP contribution in [-0.4, -0.2) is 28.1 Å². The van der Waals surface area contributed by atoms with Crippen molar-refractivity contribution < 1.29 is 4.79 Å². The maximum atomic E-state index is 12.7. The topological polar surface area (TPSA) is 49.0 Å². The summed E-state index contributed by atoms with van der Waals surface area (Å²) in [4.78, 5) is 15.5. The van der Waals surface area contributed by atoms with Crippen LogP contribution in [0.1, 0.15) is 15.2 Å². The highest BCUT2D eigenvalue weighted by Gasteiger charge is 2.19. The molecule has 1 aromatic carbocycles. The molecular formula is C16H14BrN3OS. The van der Waals surface area contributed by atoms with Gasteiger partial charge in [0.25, 0.3) is 5.91 Å². The smallest absolute Gasteiger partial charge is 0.257 e. The summed E-state index contributed by atoms with van der Waals surface area (Å²) in [6.07, 6.45) is 1.59. The van der Waals surface area contributed by atoms with Gasteiger partial charge in [0.05, 0.1) is 24.0 Å². The van der Waals surface area contributed by atoms with E-state index in [0.29, 0.717) is 12.1 Å². The molecule has 3 aromatic rings. The third-order valence-electron chi connectivity index (χ3n) is 3.29. The Morgan fingerprint density at radius 1 is 1.36 bits per heavy atom. The lowest BCUT2D eigenvalue weighted by molar-refractivity contribution is 0.0787. The van der Waals surface area contributed by atoms with E-state index in [9.17, 15) is 4.79 Å². The van der Waals surface area contributed by atoms with Crippen LogP contribution < -0.4 is 0 Å². The summed E-state index contributed by atoms with van der Waals surface area (Å²) in [5.41, 5.74) is 2.30. The molecule has 3 rings (SSSR count). The number of hydrogen-bond donors (Lipinski definition) is 1. The van der Waals surface area contributed by atoms with Crippen LogP contribution in [0.5, 0.6) is 0 Å². The molecule has 1 amide bonds. The number of hydrogen-bond acceptors (Lipinski definition) is 3. The number of amides is 1. The second kappa shape index (κ2) is 6.46. The summed E-state index contributed by atoms with van der Waals surface area (Å²) in [6.45, 7) is 0.578. The Morgan fingerprint density at radius 2 is 2.14 bits per heavy atom. The predicted octanol–water partition coefficient (Wildman–Crippen LogP) is 4.17. The zero-order valence-corrected chi connectivity index (χ0v) is 14.3. The first kappa shape index (κ1) is 15.0. The number of aromatic amines is 1. The van der Waals surface area contributed by atoms with E-state index in [0.717, 1.165) is 20.6 Å². The van der Waals surface area contributed by atoms with Crippen LogP contribution in [0.15, 0.2) is 52.4 Å². The van der Waals surface area contributed by atoms with Gasteiger partial charge >= 0.3 is 0 Å². The molecule has 112 valence electrons. The van der Waals surface area contributed by atoms with E-state index in [2.05, 4.69) is 26.1 Å². The molecule has 0 aliphatic heterocycles. The van der Waals surface area contributed by atoms with Gasteiger partial charge in [0.15, 0.2) is 0 Å². The standard InChI is InChI=1S/C16H14BrN3OS/c1-20(9-13-7-12(17)10-22-13)16(21)14-8-18-19-15(14)11-5-3-2-4-6-11/h2-8,10H,9H2,1H3,(H,18,19). The Bertz CT molecular complexity index is 782. The minimum Gasteiger partial charge on any atom is -0.336 e. The molecule has 2 heterocycles. The van der Waals surface area contributed by atoms with Gasteiger partial charge in [0.1, 0.15) is 0 Å². The molecular weight excluding hydrogens is 362 g/mol. The molecule has 0 atom stereocenters. The molecule has 6 heteroatoms. The van der Waals surface area contributed by atoms with Crippen LogP contribution in [0.2, 0.25) is 0 Å². The first-order chi connectivity index (χ1) is 10.6. The predicted molar refractivity (Wildman–Crippen MR) is 91.8 cm³/mol. The fourth-order valence-electron chi connectivity index (χ4n) is 2.22. The van der Waals surface area contributed by atoms with Gasteiger partial charge in [-0.2, -0.15) is 5.10 Å². The summed E-state index contributed by atoms with van der Waals surface area (Å²) in [6, 6.07) is 11.8. The molecule has 0 unspecified atom stereocenters. The van der Waals surface area contributed by atoms with Crippen molar-refractivity contribution in [2.45, 2.75) is 6.54 Å². The molecule has 0 fully saturated rings. The van der Waals surface area contributed by atoms with E-state index in [4.69, 9.17) is 0 Å². The van der Waals surface area contributed by atoms with Gasteiger partial charge in [0, 0.05) is 27.3 Å². The number of halogens is 1. The molecule has 0 aliphatic carbocycles. The third-order valence-corrected chi connectivity index (χ3v) is 4.98. The summed E-state index contributed by atoms with van der Waals surface area (Å²) < 4.78 is 1.04. The summed E-state index contributed by atoms with van der Waals surface area (Å²) in [7, 11) is 1.80. The number of nitrogens with zero attached hydrogens (tertiary/aromatic N) is 2. The Kier molecular flexibility index (Phi) is 4.40. The van der Waals surface area contributed by atoms with Gasteiger partial charge in [-0.15, -0.1) is 11.3 Å². The fourth-order valence-corrected chi connectivity index (χ4v) is 3.72. The summed E-state index contributed by atoms with van der Waals surface area (Å²) in [5, 5.41) is 8.97.